The monoisotopic (exact) mass is 370 g/mol. The normalized spacial score (nSPS) is 9.92. The predicted molar refractivity (Wildman–Crippen MR) is 77.0 cm³/mol. The summed E-state index contributed by atoms with van der Waals surface area (Å²) in [5, 5.41) is 37.1. The van der Waals surface area contributed by atoms with Gasteiger partial charge in [-0.25, -0.2) is 28.8 Å². The summed E-state index contributed by atoms with van der Waals surface area (Å²) in [6.45, 7) is 0. The van der Waals surface area contributed by atoms with Crippen molar-refractivity contribution in [3.8, 4) is 0 Å². The van der Waals surface area contributed by atoms with Gasteiger partial charge in [0.2, 0.25) is 0 Å². The minimum absolute atomic E-state index is 0.739. The number of esters is 2. The Balaban J connectivity index is 4.51. The fourth-order valence-corrected chi connectivity index (χ4v) is 2.22. The summed E-state index contributed by atoms with van der Waals surface area (Å²) in [6.07, 6.45) is 0. The fourth-order valence-electron chi connectivity index (χ4n) is 2.22. The van der Waals surface area contributed by atoms with E-state index in [1.54, 1.807) is 0 Å². The summed E-state index contributed by atoms with van der Waals surface area (Å²) in [7, 11) is 1.48. The lowest BCUT2D eigenvalue weighted by molar-refractivity contribution is 0.0542. The quantitative estimate of drug-likeness (QED) is 0.491. The topological polar surface area (TPSA) is 202 Å². The van der Waals surface area contributed by atoms with Crippen LogP contribution in [0.3, 0.4) is 0 Å². The lowest BCUT2D eigenvalue weighted by Crippen LogP contribution is -2.28. The molecule has 0 fully saturated rings. The van der Waals surface area contributed by atoms with E-state index in [0.717, 1.165) is 14.2 Å². The van der Waals surface area contributed by atoms with Crippen molar-refractivity contribution in [1.82, 2.24) is 0 Å². The van der Waals surface area contributed by atoms with Crippen molar-refractivity contribution in [3.63, 3.8) is 0 Å². The van der Waals surface area contributed by atoms with Crippen LogP contribution in [0, 0.1) is 0 Å². The molecule has 0 amide bonds. The number of carboxylic acid groups (broad SMARTS) is 4. The molecule has 0 aliphatic heterocycles. The third-order valence-electron chi connectivity index (χ3n) is 3.13. The maximum absolute atomic E-state index is 11.9. The van der Waals surface area contributed by atoms with Crippen LogP contribution >= 0.6 is 0 Å². The average molecular weight is 370 g/mol. The molecule has 0 aromatic heterocycles. The van der Waals surface area contributed by atoms with Gasteiger partial charge in [0.05, 0.1) is 47.6 Å². The summed E-state index contributed by atoms with van der Waals surface area (Å²) < 4.78 is 8.53. The molecule has 0 aliphatic carbocycles. The molecule has 138 valence electrons. The molecule has 0 radical (unpaired) electrons. The fraction of sp³-hybridized carbons (Fsp3) is 0.143. The minimum Gasteiger partial charge on any atom is -0.478 e. The first-order valence-corrected chi connectivity index (χ1v) is 6.34. The molecule has 12 nitrogen and oxygen atoms in total. The van der Waals surface area contributed by atoms with E-state index in [-0.39, 0.29) is 0 Å². The van der Waals surface area contributed by atoms with Crippen LogP contribution in [0.1, 0.15) is 62.1 Å². The van der Waals surface area contributed by atoms with Gasteiger partial charge < -0.3 is 29.9 Å². The van der Waals surface area contributed by atoms with Gasteiger partial charge in [-0.3, -0.25) is 0 Å². The van der Waals surface area contributed by atoms with Crippen molar-refractivity contribution in [1.29, 1.82) is 0 Å². The van der Waals surface area contributed by atoms with Crippen molar-refractivity contribution >= 4 is 35.8 Å². The first kappa shape index (κ1) is 20.1. The molecule has 0 heterocycles. The van der Waals surface area contributed by atoms with E-state index >= 15 is 0 Å². The maximum Gasteiger partial charge on any atom is 0.339 e. The number of rotatable bonds is 6. The van der Waals surface area contributed by atoms with Crippen molar-refractivity contribution < 1.29 is 58.7 Å². The Hall–Kier alpha value is -3.96. The second-order valence-corrected chi connectivity index (χ2v) is 4.45. The minimum atomic E-state index is -2.13. The van der Waals surface area contributed by atoms with Crippen molar-refractivity contribution in [2.45, 2.75) is 0 Å². The van der Waals surface area contributed by atoms with Gasteiger partial charge in [0.15, 0.2) is 0 Å². The van der Waals surface area contributed by atoms with Crippen LogP contribution in [0.25, 0.3) is 0 Å². The van der Waals surface area contributed by atoms with Crippen LogP contribution in [-0.4, -0.2) is 70.5 Å². The zero-order valence-corrected chi connectivity index (χ0v) is 13.1. The van der Waals surface area contributed by atoms with Crippen LogP contribution in [0.2, 0.25) is 0 Å². The number of carbonyl (C=O) groups is 6. The molecule has 1 aromatic rings. The van der Waals surface area contributed by atoms with Gasteiger partial charge in [-0.2, -0.15) is 0 Å². The van der Waals surface area contributed by atoms with E-state index in [0.29, 0.717) is 0 Å². The van der Waals surface area contributed by atoms with Crippen LogP contribution in [0.15, 0.2) is 0 Å². The highest BCUT2D eigenvalue weighted by Gasteiger charge is 2.41. The smallest absolute Gasteiger partial charge is 0.339 e. The highest BCUT2D eigenvalue weighted by Crippen LogP contribution is 2.31. The molecule has 1 rings (SSSR count). The second kappa shape index (κ2) is 7.29. The number of aromatic carboxylic acids is 4. The molecule has 0 spiro atoms. The molecule has 0 saturated carbocycles. The van der Waals surface area contributed by atoms with Crippen molar-refractivity contribution in [3.05, 3.63) is 33.4 Å². The number of carbonyl (C=O) groups excluding carboxylic acids is 2. The number of methoxy groups -OCH3 is 2. The van der Waals surface area contributed by atoms with E-state index < -0.39 is 69.2 Å². The zero-order valence-electron chi connectivity index (χ0n) is 13.1. The third kappa shape index (κ3) is 3.15. The van der Waals surface area contributed by atoms with Gasteiger partial charge >= 0.3 is 35.8 Å². The molecule has 0 unspecified atom stereocenters. The van der Waals surface area contributed by atoms with E-state index in [2.05, 4.69) is 9.47 Å². The van der Waals surface area contributed by atoms with E-state index in [1.165, 1.54) is 0 Å². The Bertz CT molecular complexity index is 808. The summed E-state index contributed by atoms with van der Waals surface area (Å²) in [5.41, 5.74) is -8.37. The Labute approximate surface area is 143 Å². The van der Waals surface area contributed by atoms with Crippen LogP contribution in [0.5, 0.6) is 0 Å². The third-order valence-corrected chi connectivity index (χ3v) is 3.13. The van der Waals surface area contributed by atoms with Gasteiger partial charge in [0, 0.05) is 0 Å². The summed E-state index contributed by atoms with van der Waals surface area (Å²) in [6, 6.07) is 0. The Morgan fingerprint density at radius 1 is 0.500 bits per heavy atom. The van der Waals surface area contributed by atoms with Gasteiger partial charge in [0.1, 0.15) is 0 Å². The van der Waals surface area contributed by atoms with E-state index in [4.69, 9.17) is 0 Å². The molecule has 0 saturated heterocycles. The summed E-state index contributed by atoms with van der Waals surface area (Å²) in [4.78, 5) is 69.9. The molecule has 26 heavy (non-hydrogen) atoms. The number of hydrogen-bond donors (Lipinski definition) is 4. The van der Waals surface area contributed by atoms with Gasteiger partial charge in [0.25, 0.3) is 0 Å². The number of carboxylic acids is 4. The Morgan fingerprint density at radius 3 is 0.885 bits per heavy atom. The molecular weight excluding hydrogens is 360 g/mol. The molecule has 0 aliphatic rings. The van der Waals surface area contributed by atoms with E-state index in [1.807, 2.05) is 0 Å². The molecule has 0 bridgehead atoms. The average Bonchev–Trinajstić information content (AvgIpc) is 2.56. The van der Waals surface area contributed by atoms with Gasteiger partial charge in [-0.1, -0.05) is 0 Å². The van der Waals surface area contributed by atoms with Gasteiger partial charge in [-0.15, -0.1) is 0 Å². The predicted octanol–water partition coefficient (Wildman–Crippen LogP) is 0.0526. The number of benzene rings is 1. The molecule has 12 heteroatoms. The molecule has 1 aromatic carbocycles. The molecule has 0 atom stereocenters. The maximum atomic E-state index is 11.9. The Kier molecular flexibility index (Phi) is 5.63. The number of hydrogen-bond acceptors (Lipinski definition) is 8. The lowest BCUT2D eigenvalue weighted by Gasteiger charge is -2.17. The van der Waals surface area contributed by atoms with Gasteiger partial charge in [-0.05, 0) is 0 Å². The first-order chi connectivity index (χ1) is 12.0. The van der Waals surface area contributed by atoms with Crippen LogP contribution in [0.4, 0.5) is 0 Å². The first-order valence-electron chi connectivity index (χ1n) is 6.34. The van der Waals surface area contributed by atoms with Crippen LogP contribution in [-0.2, 0) is 9.47 Å². The SMILES string of the molecule is COC(=O)c1c(C(=O)O)c(C(=O)O)c(C(=O)O)c(C(=O)OC)c1C(=O)O. The molecular formula is C14H10O12. The van der Waals surface area contributed by atoms with Crippen molar-refractivity contribution in [2.75, 3.05) is 14.2 Å². The zero-order chi connectivity index (χ0) is 20.3. The largest absolute Gasteiger partial charge is 0.478 e. The van der Waals surface area contributed by atoms with E-state index in [9.17, 15) is 49.2 Å². The number of ether oxygens (including phenoxy) is 2. The highest BCUT2D eigenvalue weighted by atomic mass is 16.5. The van der Waals surface area contributed by atoms with Crippen molar-refractivity contribution in [2.24, 2.45) is 0 Å². The summed E-state index contributed by atoms with van der Waals surface area (Å²) >= 11 is 0. The lowest BCUT2D eigenvalue weighted by atomic mass is 9.86. The summed E-state index contributed by atoms with van der Waals surface area (Å²) in [5.74, 6) is -11.7. The Morgan fingerprint density at radius 2 is 0.692 bits per heavy atom. The highest BCUT2D eigenvalue weighted by molar-refractivity contribution is 6.23. The standard InChI is InChI=1S/C14H10O12/c1-25-13(23)7-4(10(17)18)3(9(15)16)5(11(19)20)8(14(24)26-2)6(7)12(21)22/h1-2H3,(H,15,16)(H,17,18)(H,19,20)(H,21,22). The molecule has 4 N–H and O–H groups in total. The van der Waals surface area contributed by atoms with Crippen LogP contribution < -0.4 is 0 Å². The second-order valence-electron chi connectivity index (χ2n) is 4.45.